The Bertz CT molecular complexity index is 675. The van der Waals surface area contributed by atoms with E-state index in [1.807, 2.05) is 30.3 Å². The Labute approximate surface area is 158 Å². The second-order valence-corrected chi connectivity index (χ2v) is 4.91. The first kappa shape index (κ1) is 19.9. The molecule has 0 aliphatic carbocycles. The van der Waals surface area contributed by atoms with Crippen molar-refractivity contribution in [2.24, 2.45) is 10.7 Å². The van der Waals surface area contributed by atoms with Crippen LogP contribution in [-0.4, -0.2) is 25.3 Å². The molecule has 0 fully saturated rings. The van der Waals surface area contributed by atoms with E-state index in [4.69, 9.17) is 15.2 Å². The van der Waals surface area contributed by atoms with E-state index in [0.717, 1.165) is 11.1 Å². The number of nitrogens with one attached hydrogen (secondary N) is 1. The van der Waals surface area contributed by atoms with Gasteiger partial charge in [0.1, 0.15) is 5.75 Å². The van der Waals surface area contributed by atoms with Crippen LogP contribution in [0.4, 0.5) is 0 Å². The van der Waals surface area contributed by atoms with Crippen molar-refractivity contribution in [3.8, 4) is 17.2 Å². The molecule has 7 heteroatoms. The summed E-state index contributed by atoms with van der Waals surface area (Å²) in [6, 6.07) is 12.5. The molecule has 24 heavy (non-hydrogen) atoms. The van der Waals surface area contributed by atoms with Gasteiger partial charge in [-0.05, 0) is 35.4 Å². The maximum absolute atomic E-state index is 9.24. The summed E-state index contributed by atoms with van der Waals surface area (Å²) in [6.07, 6.45) is 0. The van der Waals surface area contributed by atoms with Crippen molar-refractivity contribution >= 4 is 29.9 Å². The van der Waals surface area contributed by atoms with E-state index in [-0.39, 0.29) is 29.7 Å². The molecule has 0 unspecified atom stereocenters. The van der Waals surface area contributed by atoms with E-state index < -0.39 is 0 Å². The lowest BCUT2D eigenvalue weighted by Crippen LogP contribution is -2.31. The Kier molecular flexibility index (Phi) is 8.17. The average Bonchev–Trinajstić information content (AvgIpc) is 2.59. The number of aliphatic imine (C=N–C) groups is 1. The van der Waals surface area contributed by atoms with E-state index in [9.17, 15) is 5.11 Å². The molecule has 0 atom stereocenters. The van der Waals surface area contributed by atoms with Gasteiger partial charge in [0.25, 0.3) is 0 Å². The van der Waals surface area contributed by atoms with Crippen molar-refractivity contribution in [2.45, 2.75) is 13.1 Å². The van der Waals surface area contributed by atoms with Crippen LogP contribution in [0.1, 0.15) is 11.1 Å². The van der Waals surface area contributed by atoms with Crippen molar-refractivity contribution < 1.29 is 14.6 Å². The molecule has 0 saturated carbocycles. The number of halogens is 1. The smallest absolute Gasteiger partial charge is 0.189 e. The minimum atomic E-state index is 0. The van der Waals surface area contributed by atoms with E-state index in [2.05, 4.69) is 10.3 Å². The molecular weight excluding hydrogens is 421 g/mol. The summed E-state index contributed by atoms with van der Waals surface area (Å²) in [6.45, 7) is 0.982. The predicted octanol–water partition coefficient (Wildman–Crippen LogP) is 2.63. The fourth-order valence-corrected chi connectivity index (χ4v) is 2.02. The fourth-order valence-electron chi connectivity index (χ4n) is 2.02. The van der Waals surface area contributed by atoms with Gasteiger partial charge < -0.3 is 25.6 Å². The molecular formula is C17H22IN3O3. The Morgan fingerprint density at radius 1 is 1.04 bits per heavy atom. The van der Waals surface area contributed by atoms with Crippen LogP contribution in [0.5, 0.6) is 17.2 Å². The Balaban J connectivity index is 0.00000288. The largest absolute Gasteiger partial charge is 0.508 e. The van der Waals surface area contributed by atoms with Crippen LogP contribution in [0.2, 0.25) is 0 Å². The zero-order valence-corrected chi connectivity index (χ0v) is 16.0. The molecule has 0 aliphatic heterocycles. The summed E-state index contributed by atoms with van der Waals surface area (Å²) < 4.78 is 10.5. The number of hydrogen-bond acceptors (Lipinski definition) is 4. The molecule has 4 N–H and O–H groups in total. The van der Waals surface area contributed by atoms with Gasteiger partial charge in [-0.2, -0.15) is 0 Å². The number of aromatic hydroxyl groups is 1. The molecule has 0 spiro atoms. The molecule has 2 aromatic carbocycles. The summed E-state index contributed by atoms with van der Waals surface area (Å²) >= 11 is 0. The van der Waals surface area contributed by atoms with Gasteiger partial charge in [0.15, 0.2) is 17.5 Å². The SMILES string of the molecule is COc1ccc(CN=C(N)NCc2ccc(O)cc2)cc1OC.I. The number of nitrogens with two attached hydrogens (primary N) is 1. The summed E-state index contributed by atoms with van der Waals surface area (Å²) in [4.78, 5) is 4.30. The number of rotatable bonds is 6. The van der Waals surface area contributed by atoms with Crippen molar-refractivity contribution in [2.75, 3.05) is 14.2 Å². The maximum Gasteiger partial charge on any atom is 0.189 e. The van der Waals surface area contributed by atoms with Crippen LogP contribution in [-0.2, 0) is 13.1 Å². The molecule has 130 valence electrons. The summed E-state index contributed by atoms with van der Waals surface area (Å²) in [5.74, 6) is 1.94. The zero-order chi connectivity index (χ0) is 16.7. The molecule has 0 aliphatic rings. The first-order valence-electron chi connectivity index (χ1n) is 7.15. The van der Waals surface area contributed by atoms with E-state index >= 15 is 0 Å². The molecule has 0 bridgehead atoms. The Hall–Kier alpha value is -2.16. The number of nitrogens with zero attached hydrogens (tertiary/aromatic N) is 1. The number of benzene rings is 2. The van der Waals surface area contributed by atoms with Crippen LogP contribution in [0.3, 0.4) is 0 Å². The lowest BCUT2D eigenvalue weighted by atomic mass is 10.2. The quantitative estimate of drug-likeness (QED) is 0.363. The fraction of sp³-hybridized carbons (Fsp3) is 0.235. The number of hydrogen-bond donors (Lipinski definition) is 3. The van der Waals surface area contributed by atoms with Crippen LogP contribution >= 0.6 is 24.0 Å². The lowest BCUT2D eigenvalue weighted by molar-refractivity contribution is 0.354. The Morgan fingerprint density at radius 3 is 2.29 bits per heavy atom. The molecule has 0 radical (unpaired) electrons. The first-order chi connectivity index (χ1) is 11.1. The maximum atomic E-state index is 9.24. The van der Waals surface area contributed by atoms with Gasteiger partial charge in [0.05, 0.1) is 20.8 Å². The Morgan fingerprint density at radius 2 is 1.67 bits per heavy atom. The average molecular weight is 443 g/mol. The highest BCUT2D eigenvalue weighted by Crippen LogP contribution is 2.27. The van der Waals surface area contributed by atoms with Crippen LogP contribution in [0.25, 0.3) is 0 Å². The van der Waals surface area contributed by atoms with Gasteiger partial charge in [-0.3, -0.25) is 0 Å². The number of ether oxygens (including phenoxy) is 2. The molecule has 6 nitrogen and oxygen atoms in total. The number of methoxy groups -OCH3 is 2. The van der Waals surface area contributed by atoms with E-state index in [1.54, 1.807) is 26.4 Å². The van der Waals surface area contributed by atoms with E-state index in [0.29, 0.717) is 30.5 Å². The van der Waals surface area contributed by atoms with Gasteiger partial charge in [0.2, 0.25) is 0 Å². The van der Waals surface area contributed by atoms with Crippen molar-refractivity contribution in [1.82, 2.24) is 5.32 Å². The normalized spacial score (nSPS) is 10.7. The molecule has 0 saturated heterocycles. The zero-order valence-electron chi connectivity index (χ0n) is 13.7. The van der Waals surface area contributed by atoms with E-state index in [1.165, 1.54) is 0 Å². The number of guanidine groups is 1. The molecule has 0 aromatic heterocycles. The lowest BCUT2D eigenvalue weighted by Gasteiger charge is -2.09. The topological polar surface area (TPSA) is 89.1 Å². The molecule has 0 amide bonds. The monoisotopic (exact) mass is 443 g/mol. The van der Waals surface area contributed by atoms with Crippen molar-refractivity contribution in [3.63, 3.8) is 0 Å². The molecule has 2 aromatic rings. The summed E-state index contributed by atoms with van der Waals surface area (Å²) in [5, 5.41) is 12.3. The second-order valence-electron chi connectivity index (χ2n) is 4.91. The number of phenolic OH excluding ortho intramolecular Hbond substituents is 1. The van der Waals surface area contributed by atoms with Crippen molar-refractivity contribution in [3.05, 3.63) is 53.6 Å². The molecule has 2 rings (SSSR count). The highest BCUT2D eigenvalue weighted by atomic mass is 127. The van der Waals surface area contributed by atoms with Gasteiger partial charge in [-0.25, -0.2) is 4.99 Å². The third kappa shape index (κ3) is 5.80. The minimum absolute atomic E-state index is 0. The summed E-state index contributed by atoms with van der Waals surface area (Å²) in [5.41, 5.74) is 7.84. The molecule has 0 heterocycles. The summed E-state index contributed by atoms with van der Waals surface area (Å²) in [7, 11) is 3.19. The second kappa shape index (κ2) is 9.86. The van der Waals surface area contributed by atoms with Crippen LogP contribution in [0, 0.1) is 0 Å². The predicted molar refractivity (Wildman–Crippen MR) is 105 cm³/mol. The number of phenols is 1. The van der Waals surface area contributed by atoms with Crippen LogP contribution in [0.15, 0.2) is 47.5 Å². The highest BCUT2D eigenvalue weighted by molar-refractivity contribution is 14.0. The van der Waals surface area contributed by atoms with Gasteiger partial charge in [-0.1, -0.05) is 18.2 Å². The third-order valence-electron chi connectivity index (χ3n) is 3.29. The highest BCUT2D eigenvalue weighted by Gasteiger charge is 2.04. The van der Waals surface area contributed by atoms with Gasteiger partial charge in [-0.15, -0.1) is 24.0 Å². The van der Waals surface area contributed by atoms with Gasteiger partial charge in [0, 0.05) is 6.54 Å². The minimum Gasteiger partial charge on any atom is -0.508 e. The first-order valence-corrected chi connectivity index (χ1v) is 7.15. The van der Waals surface area contributed by atoms with Crippen molar-refractivity contribution in [1.29, 1.82) is 0 Å². The van der Waals surface area contributed by atoms with Crippen LogP contribution < -0.4 is 20.5 Å². The van der Waals surface area contributed by atoms with Gasteiger partial charge >= 0.3 is 0 Å². The third-order valence-corrected chi connectivity index (χ3v) is 3.29. The standard InChI is InChI=1S/C17H21N3O3.HI/c1-22-15-8-5-13(9-16(15)23-2)11-20-17(18)19-10-12-3-6-14(21)7-4-12;/h3-9,21H,10-11H2,1-2H3,(H3,18,19,20);1H.